The standard InChI is InChI=1S/C16H20ClN3O/c1-11-14(6-5-9-18-11)21-15-8-7-12(17)13(20-15)10-19-16(2,3)4/h5-9,19H,10H2,1-4H3. The lowest BCUT2D eigenvalue weighted by molar-refractivity contribution is 0.415. The van der Waals surface area contributed by atoms with Crippen LogP contribution in [0.25, 0.3) is 0 Å². The minimum Gasteiger partial charge on any atom is -0.437 e. The largest absolute Gasteiger partial charge is 0.437 e. The zero-order valence-electron chi connectivity index (χ0n) is 12.8. The molecule has 2 aromatic heterocycles. The molecule has 0 bridgehead atoms. The van der Waals surface area contributed by atoms with Gasteiger partial charge in [-0.3, -0.25) is 4.98 Å². The van der Waals surface area contributed by atoms with Gasteiger partial charge in [-0.05, 0) is 45.9 Å². The van der Waals surface area contributed by atoms with Gasteiger partial charge in [0.05, 0.1) is 16.4 Å². The van der Waals surface area contributed by atoms with Crippen LogP contribution in [0.3, 0.4) is 0 Å². The molecule has 0 amide bonds. The molecule has 0 aromatic carbocycles. The number of pyridine rings is 2. The van der Waals surface area contributed by atoms with Gasteiger partial charge in [0.2, 0.25) is 5.88 Å². The van der Waals surface area contributed by atoms with Crippen molar-refractivity contribution in [3.63, 3.8) is 0 Å². The van der Waals surface area contributed by atoms with Crippen molar-refractivity contribution in [3.05, 3.63) is 46.9 Å². The number of nitrogens with zero attached hydrogens (tertiary/aromatic N) is 2. The number of halogens is 1. The molecule has 112 valence electrons. The maximum Gasteiger partial charge on any atom is 0.219 e. The van der Waals surface area contributed by atoms with E-state index in [1.54, 1.807) is 18.3 Å². The molecule has 2 aromatic rings. The second-order valence-electron chi connectivity index (χ2n) is 5.87. The van der Waals surface area contributed by atoms with Gasteiger partial charge in [0.1, 0.15) is 0 Å². The predicted molar refractivity (Wildman–Crippen MR) is 84.9 cm³/mol. The van der Waals surface area contributed by atoms with E-state index in [1.165, 1.54) is 0 Å². The quantitative estimate of drug-likeness (QED) is 0.923. The summed E-state index contributed by atoms with van der Waals surface area (Å²) < 4.78 is 5.78. The number of aromatic nitrogens is 2. The number of ether oxygens (including phenoxy) is 1. The number of hydrogen-bond donors (Lipinski definition) is 1. The Morgan fingerprint density at radius 3 is 2.67 bits per heavy atom. The summed E-state index contributed by atoms with van der Waals surface area (Å²) in [6.07, 6.45) is 1.73. The Labute approximate surface area is 130 Å². The highest BCUT2D eigenvalue weighted by atomic mass is 35.5. The van der Waals surface area contributed by atoms with Gasteiger partial charge >= 0.3 is 0 Å². The third-order valence-corrected chi connectivity index (χ3v) is 3.20. The van der Waals surface area contributed by atoms with Gasteiger partial charge in [0, 0.05) is 24.3 Å². The highest BCUT2D eigenvalue weighted by molar-refractivity contribution is 6.31. The van der Waals surface area contributed by atoms with Crippen LogP contribution in [-0.2, 0) is 6.54 Å². The Hall–Kier alpha value is -1.65. The van der Waals surface area contributed by atoms with E-state index in [0.717, 1.165) is 11.4 Å². The SMILES string of the molecule is Cc1ncccc1Oc1ccc(Cl)c(CNC(C)(C)C)n1. The first-order valence-electron chi connectivity index (χ1n) is 6.85. The van der Waals surface area contributed by atoms with Gasteiger partial charge in [0.25, 0.3) is 0 Å². The minimum absolute atomic E-state index is 0.00179. The van der Waals surface area contributed by atoms with Crippen LogP contribution >= 0.6 is 11.6 Å². The van der Waals surface area contributed by atoms with Crippen LogP contribution in [0.4, 0.5) is 0 Å². The van der Waals surface area contributed by atoms with E-state index in [2.05, 4.69) is 36.1 Å². The highest BCUT2D eigenvalue weighted by Gasteiger charge is 2.12. The van der Waals surface area contributed by atoms with Gasteiger partial charge in [-0.25, -0.2) is 4.98 Å². The van der Waals surface area contributed by atoms with Crippen LogP contribution in [-0.4, -0.2) is 15.5 Å². The maximum absolute atomic E-state index is 6.19. The molecule has 0 unspecified atom stereocenters. The third-order valence-electron chi connectivity index (χ3n) is 2.85. The molecule has 0 aliphatic carbocycles. The molecule has 5 heteroatoms. The number of rotatable bonds is 4. The predicted octanol–water partition coefficient (Wildman–Crippen LogP) is 4.12. The van der Waals surface area contributed by atoms with Gasteiger partial charge < -0.3 is 10.1 Å². The fourth-order valence-electron chi connectivity index (χ4n) is 1.68. The summed E-state index contributed by atoms with van der Waals surface area (Å²) in [7, 11) is 0. The molecule has 0 aliphatic heterocycles. The molecule has 4 nitrogen and oxygen atoms in total. The first-order valence-corrected chi connectivity index (χ1v) is 7.23. The molecule has 2 rings (SSSR count). The number of nitrogens with one attached hydrogen (secondary N) is 1. The average molecular weight is 306 g/mol. The molecule has 2 heterocycles. The Bertz CT molecular complexity index is 623. The van der Waals surface area contributed by atoms with Crippen LogP contribution in [0.2, 0.25) is 5.02 Å². The van der Waals surface area contributed by atoms with Gasteiger partial charge in [-0.15, -0.1) is 0 Å². The lowest BCUT2D eigenvalue weighted by Crippen LogP contribution is -2.35. The van der Waals surface area contributed by atoms with Crippen LogP contribution in [0.15, 0.2) is 30.5 Å². The van der Waals surface area contributed by atoms with Crippen molar-refractivity contribution in [2.45, 2.75) is 39.8 Å². The van der Waals surface area contributed by atoms with E-state index in [1.807, 2.05) is 19.1 Å². The number of aryl methyl sites for hydroxylation is 1. The first kappa shape index (κ1) is 15.7. The summed E-state index contributed by atoms with van der Waals surface area (Å²) in [5, 5.41) is 3.99. The topological polar surface area (TPSA) is 47.0 Å². The van der Waals surface area contributed by atoms with E-state index >= 15 is 0 Å². The smallest absolute Gasteiger partial charge is 0.219 e. The van der Waals surface area contributed by atoms with E-state index in [9.17, 15) is 0 Å². The molecule has 1 N–H and O–H groups in total. The van der Waals surface area contributed by atoms with Crippen LogP contribution in [0, 0.1) is 6.92 Å². The summed E-state index contributed by atoms with van der Waals surface area (Å²) >= 11 is 6.19. The first-order chi connectivity index (χ1) is 9.85. The second kappa shape index (κ2) is 6.41. The van der Waals surface area contributed by atoms with E-state index in [-0.39, 0.29) is 5.54 Å². The second-order valence-corrected chi connectivity index (χ2v) is 6.28. The molecule has 0 aliphatic rings. The van der Waals surface area contributed by atoms with Gasteiger partial charge in [-0.1, -0.05) is 11.6 Å². The number of hydrogen-bond acceptors (Lipinski definition) is 4. The van der Waals surface area contributed by atoms with Crippen molar-refractivity contribution in [2.24, 2.45) is 0 Å². The molecular formula is C16H20ClN3O. The minimum atomic E-state index is 0.00179. The molecule has 0 saturated carbocycles. The molecule has 21 heavy (non-hydrogen) atoms. The molecule has 0 saturated heterocycles. The van der Waals surface area contributed by atoms with Crippen LogP contribution < -0.4 is 10.1 Å². The fraction of sp³-hybridized carbons (Fsp3) is 0.375. The van der Waals surface area contributed by atoms with E-state index in [0.29, 0.717) is 23.2 Å². The monoisotopic (exact) mass is 305 g/mol. The lowest BCUT2D eigenvalue weighted by atomic mass is 10.1. The fourth-order valence-corrected chi connectivity index (χ4v) is 1.86. The van der Waals surface area contributed by atoms with E-state index < -0.39 is 0 Å². The zero-order chi connectivity index (χ0) is 15.5. The van der Waals surface area contributed by atoms with Crippen molar-refractivity contribution >= 4 is 11.6 Å². The maximum atomic E-state index is 6.19. The third kappa shape index (κ3) is 4.69. The molecular weight excluding hydrogens is 286 g/mol. The Balaban J connectivity index is 2.17. The van der Waals surface area contributed by atoms with Crippen molar-refractivity contribution in [1.82, 2.24) is 15.3 Å². The average Bonchev–Trinajstić information content (AvgIpc) is 2.41. The summed E-state index contributed by atoms with van der Waals surface area (Å²) in [6, 6.07) is 7.26. The van der Waals surface area contributed by atoms with Crippen molar-refractivity contribution in [2.75, 3.05) is 0 Å². The molecule has 0 spiro atoms. The van der Waals surface area contributed by atoms with Crippen LogP contribution in [0.1, 0.15) is 32.2 Å². The van der Waals surface area contributed by atoms with E-state index in [4.69, 9.17) is 16.3 Å². The highest BCUT2D eigenvalue weighted by Crippen LogP contribution is 2.24. The summed E-state index contributed by atoms with van der Waals surface area (Å²) in [5.74, 6) is 1.21. The summed E-state index contributed by atoms with van der Waals surface area (Å²) in [4.78, 5) is 8.66. The van der Waals surface area contributed by atoms with Crippen molar-refractivity contribution in [3.8, 4) is 11.6 Å². The normalized spacial score (nSPS) is 11.5. The summed E-state index contributed by atoms with van der Waals surface area (Å²) in [5.41, 5.74) is 1.59. The molecule has 0 atom stereocenters. The lowest BCUT2D eigenvalue weighted by Gasteiger charge is -2.20. The zero-order valence-corrected chi connectivity index (χ0v) is 13.5. The Morgan fingerprint density at radius 2 is 2.00 bits per heavy atom. The Kier molecular flexibility index (Phi) is 4.80. The molecule has 0 fully saturated rings. The summed E-state index contributed by atoms with van der Waals surface area (Å²) in [6.45, 7) is 8.78. The van der Waals surface area contributed by atoms with Crippen molar-refractivity contribution < 1.29 is 4.74 Å². The van der Waals surface area contributed by atoms with Crippen LogP contribution in [0.5, 0.6) is 11.6 Å². The Morgan fingerprint density at radius 1 is 1.24 bits per heavy atom. The van der Waals surface area contributed by atoms with Gasteiger partial charge in [-0.2, -0.15) is 0 Å². The van der Waals surface area contributed by atoms with Crippen molar-refractivity contribution in [1.29, 1.82) is 0 Å². The van der Waals surface area contributed by atoms with Gasteiger partial charge in [0.15, 0.2) is 5.75 Å². The molecule has 0 radical (unpaired) electrons.